The zero-order valence-electron chi connectivity index (χ0n) is 11.6. The van der Waals surface area contributed by atoms with E-state index in [1.807, 2.05) is 0 Å². The van der Waals surface area contributed by atoms with Crippen LogP contribution in [0.15, 0.2) is 0 Å². The summed E-state index contributed by atoms with van der Waals surface area (Å²) in [4.78, 5) is 0. The summed E-state index contributed by atoms with van der Waals surface area (Å²) in [5.41, 5.74) is 5.66. The van der Waals surface area contributed by atoms with Crippen molar-refractivity contribution in [1.82, 2.24) is 0 Å². The maximum Gasteiger partial charge on any atom is 0.389 e. The Morgan fingerprint density at radius 2 is 1.33 bits per heavy atom. The average Bonchev–Trinajstić information content (AvgIpc) is 2.29. The molecule has 18 heavy (non-hydrogen) atoms. The minimum absolute atomic E-state index is 0.0694. The van der Waals surface area contributed by atoms with Crippen molar-refractivity contribution >= 4 is 0 Å². The number of hydrogen-bond acceptors (Lipinski definition) is 1. The van der Waals surface area contributed by atoms with Gasteiger partial charge in [-0.25, -0.2) is 0 Å². The Hall–Kier alpha value is -0.250. The Balaban J connectivity index is 3.23. The first-order valence-electron chi connectivity index (χ1n) is 7.28. The molecule has 0 aliphatic rings. The van der Waals surface area contributed by atoms with Crippen LogP contribution in [0, 0.1) is 0 Å². The quantitative estimate of drug-likeness (QED) is 0.512. The Morgan fingerprint density at radius 3 is 1.83 bits per heavy atom. The van der Waals surface area contributed by atoms with Crippen molar-refractivity contribution in [2.45, 2.75) is 89.8 Å². The highest BCUT2D eigenvalue weighted by Crippen LogP contribution is 2.23. The van der Waals surface area contributed by atoms with Gasteiger partial charge in [0.05, 0.1) is 0 Å². The zero-order chi connectivity index (χ0) is 13.9. The van der Waals surface area contributed by atoms with Crippen LogP contribution < -0.4 is 5.73 Å². The van der Waals surface area contributed by atoms with Crippen LogP contribution >= 0.6 is 0 Å². The number of rotatable bonds is 11. The molecule has 0 heterocycles. The summed E-state index contributed by atoms with van der Waals surface area (Å²) in [5.74, 6) is 0. The van der Waals surface area contributed by atoms with Crippen molar-refractivity contribution in [2.75, 3.05) is 0 Å². The van der Waals surface area contributed by atoms with Gasteiger partial charge in [0.15, 0.2) is 0 Å². The maximum absolute atomic E-state index is 12.0. The van der Waals surface area contributed by atoms with E-state index in [0.717, 1.165) is 19.3 Å². The van der Waals surface area contributed by atoms with E-state index in [1.165, 1.54) is 38.5 Å². The van der Waals surface area contributed by atoms with Crippen LogP contribution in [0.2, 0.25) is 0 Å². The van der Waals surface area contributed by atoms with Gasteiger partial charge in [0.1, 0.15) is 0 Å². The van der Waals surface area contributed by atoms with Gasteiger partial charge in [0, 0.05) is 12.5 Å². The third kappa shape index (κ3) is 13.8. The molecule has 0 rings (SSSR count). The molecule has 0 spiro atoms. The van der Waals surface area contributed by atoms with Gasteiger partial charge in [-0.2, -0.15) is 13.2 Å². The van der Waals surface area contributed by atoms with E-state index < -0.39 is 12.6 Å². The van der Waals surface area contributed by atoms with Crippen LogP contribution in [0.25, 0.3) is 0 Å². The molecule has 0 saturated carbocycles. The fourth-order valence-electron chi connectivity index (χ4n) is 2.03. The molecule has 110 valence electrons. The summed E-state index contributed by atoms with van der Waals surface area (Å²) in [7, 11) is 0. The molecule has 1 atom stereocenters. The van der Waals surface area contributed by atoms with Crippen molar-refractivity contribution in [3.63, 3.8) is 0 Å². The van der Waals surface area contributed by atoms with Crippen molar-refractivity contribution < 1.29 is 13.2 Å². The van der Waals surface area contributed by atoms with E-state index in [2.05, 4.69) is 6.92 Å². The molecule has 0 aliphatic carbocycles. The molecule has 0 aromatic carbocycles. The normalized spacial score (nSPS) is 13.8. The summed E-state index contributed by atoms with van der Waals surface area (Å²) in [5, 5.41) is 0. The van der Waals surface area contributed by atoms with Crippen LogP contribution in [-0.2, 0) is 0 Å². The van der Waals surface area contributed by atoms with Gasteiger partial charge in [-0.1, -0.05) is 58.3 Å². The van der Waals surface area contributed by atoms with Gasteiger partial charge in [-0.05, 0) is 12.8 Å². The van der Waals surface area contributed by atoms with Crippen LogP contribution in [0.4, 0.5) is 13.2 Å². The minimum Gasteiger partial charge on any atom is -0.328 e. The second kappa shape index (κ2) is 10.7. The highest BCUT2D eigenvalue weighted by atomic mass is 19.4. The SMILES string of the molecule is CCCCCCCCCCC(N)CCC(F)(F)F. The van der Waals surface area contributed by atoms with Crippen molar-refractivity contribution in [1.29, 1.82) is 0 Å². The number of halogens is 3. The third-order valence-electron chi connectivity index (χ3n) is 3.23. The van der Waals surface area contributed by atoms with Crippen molar-refractivity contribution in [3.05, 3.63) is 0 Å². The topological polar surface area (TPSA) is 26.0 Å². The predicted octanol–water partition coefficient (Wildman–Crippen LogP) is 5.19. The van der Waals surface area contributed by atoms with Gasteiger partial charge in [0.25, 0.3) is 0 Å². The van der Waals surface area contributed by atoms with Gasteiger partial charge >= 0.3 is 6.18 Å². The fourth-order valence-corrected chi connectivity index (χ4v) is 2.03. The molecule has 0 bridgehead atoms. The fraction of sp³-hybridized carbons (Fsp3) is 1.00. The molecule has 0 radical (unpaired) electrons. The van der Waals surface area contributed by atoms with E-state index in [-0.39, 0.29) is 12.5 Å². The molecule has 0 aromatic rings. The Bertz CT molecular complexity index is 180. The molecule has 0 amide bonds. The van der Waals surface area contributed by atoms with Crippen LogP contribution in [-0.4, -0.2) is 12.2 Å². The molecule has 0 fully saturated rings. The zero-order valence-corrected chi connectivity index (χ0v) is 11.6. The Morgan fingerprint density at radius 1 is 0.833 bits per heavy atom. The number of nitrogens with two attached hydrogens (primary N) is 1. The summed E-state index contributed by atoms with van der Waals surface area (Å²) >= 11 is 0. The predicted molar refractivity (Wildman–Crippen MR) is 70.5 cm³/mol. The van der Waals surface area contributed by atoms with Crippen molar-refractivity contribution in [3.8, 4) is 0 Å². The van der Waals surface area contributed by atoms with Gasteiger partial charge in [0.2, 0.25) is 0 Å². The minimum atomic E-state index is -4.06. The van der Waals surface area contributed by atoms with Crippen LogP contribution in [0.1, 0.15) is 77.6 Å². The van der Waals surface area contributed by atoms with E-state index in [9.17, 15) is 13.2 Å². The lowest BCUT2D eigenvalue weighted by Crippen LogP contribution is -2.22. The van der Waals surface area contributed by atoms with Crippen LogP contribution in [0.3, 0.4) is 0 Å². The first kappa shape index (κ1) is 17.8. The lowest BCUT2D eigenvalue weighted by Gasteiger charge is -2.12. The molecule has 0 aromatic heterocycles. The van der Waals surface area contributed by atoms with Gasteiger partial charge in [-0.15, -0.1) is 0 Å². The smallest absolute Gasteiger partial charge is 0.328 e. The summed E-state index contributed by atoms with van der Waals surface area (Å²) in [6.45, 7) is 2.20. The summed E-state index contributed by atoms with van der Waals surface area (Å²) < 4.78 is 35.9. The Labute approximate surface area is 109 Å². The first-order chi connectivity index (χ1) is 8.45. The number of unbranched alkanes of at least 4 members (excludes halogenated alkanes) is 7. The van der Waals surface area contributed by atoms with Crippen molar-refractivity contribution in [2.24, 2.45) is 5.73 Å². The Kier molecular flexibility index (Phi) is 10.5. The molecular formula is C14H28F3N. The highest BCUT2D eigenvalue weighted by molar-refractivity contribution is 4.64. The monoisotopic (exact) mass is 267 g/mol. The molecular weight excluding hydrogens is 239 g/mol. The molecule has 4 heteroatoms. The molecule has 2 N–H and O–H groups in total. The standard InChI is InChI=1S/C14H28F3N/c1-2-3-4-5-6-7-8-9-10-13(18)11-12-14(15,16)17/h13H,2-12,18H2,1H3. The number of alkyl halides is 3. The second-order valence-electron chi connectivity index (χ2n) is 5.18. The lowest BCUT2D eigenvalue weighted by atomic mass is 10.0. The summed E-state index contributed by atoms with van der Waals surface area (Å²) in [6.07, 6.45) is 5.66. The van der Waals surface area contributed by atoms with Crippen LogP contribution in [0.5, 0.6) is 0 Å². The lowest BCUT2D eigenvalue weighted by molar-refractivity contribution is -0.136. The van der Waals surface area contributed by atoms with E-state index in [4.69, 9.17) is 5.73 Å². The van der Waals surface area contributed by atoms with E-state index in [0.29, 0.717) is 0 Å². The largest absolute Gasteiger partial charge is 0.389 e. The maximum atomic E-state index is 12.0. The first-order valence-corrected chi connectivity index (χ1v) is 7.28. The molecule has 0 saturated heterocycles. The molecule has 1 nitrogen and oxygen atoms in total. The van der Waals surface area contributed by atoms with Gasteiger partial charge < -0.3 is 5.73 Å². The van der Waals surface area contributed by atoms with Gasteiger partial charge in [-0.3, -0.25) is 0 Å². The highest BCUT2D eigenvalue weighted by Gasteiger charge is 2.27. The summed E-state index contributed by atoms with van der Waals surface area (Å²) in [6, 6.07) is -0.285. The second-order valence-corrected chi connectivity index (χ2v) is 5.18. The molecule has 0 aliphatic heterocycles. The average molecular weight is 267 g/mol. The van der Waals surface area contributed by atoms with E-state index in [1.54, 1.807) is 0 Å². The van der Waals surface area contributed by atoms with E-state index >= 15 is 0 Å². The third-order valence-corrected chi connectivity index (χ3v) is 3.23. The number of hydrogen-bond donors (Lipinski definition) is 1. The molecule has 1 unspecified atom stereocenters.